The molecule has 1 aliphatic carbocycles. The monoisotopic (exact) mass is 371 g/mol. The van der Waals surface area contributed by atoms with Gasteiger partial charge >= 0.3 is 0 Å². The molecule has 1 heterocycles. The third-order valence-electron chi connectivity index (χ3n) is 4.50. The van der Waals surface area contributed by atoms with Gasteiger partial charge in [-0.05, 0) is 41.0 Å². The van der Waals surface area contributed by atoms with Gasteiger partial charge in [0.25, 0.3) is 0 Å². The second kappa shape index (κ2) is 6.11. The standard InChI is InChI=1S/C19H18BrNO2/c20-15-5-6-18-14(8-15)7-12(11-23-18)10-21-19-16-4-2-1-3-13(16)9-17(19)22/h1-8,17,19,21-22H,9-11H2/t17-,19+/m0/s1. The molecule has 2 atom stereocenters. The Kier molecular flexibility index (Phi) is 3.97. The topological polar surface area (TPSA) is 41.5 Å². The molecule has 23 heavy (non-hydrogen) atoms. The van der Waals surface area contributed by atoms with Crippen molar-refractivity contribution in [1.82, 2.24) is 5.32 Å². The van der Waals surface area contributed by atoms with Crippen molar-refractivity contribution in [2.24, 2.45) is 0 Å². The average molecular weight is 372 g/mol. The summed E-state index contributed by atoms with van der Waals surface area (Å²) in [6, 6.07) is 14.3. The van der Waals surface area contributed by atoms with Gasteiger partial charge in [-0.3, -0.25) is 0 Å². The lowest BCUT2D eigenvalue weighted by molar-refractivity contribution is 0.142. The highest BCUT2D eigenvalue weighted by atomic mass is 79.9. The van der Waals surface area contributed by atoms with Gasteiger partial charge in [0.2, 0.25) is 0 Å². The number of nitrogens with one attached hydrogen (secondary N) is 1. The van der Waals surface area contributed by atoms with Gasteiger partial charge in [0, 0.05) is 23.0 Å². The van der Waals surface area contributed by atoms with Crippen LogP contribution in [0.2, 0.25) is 0 Å². The summed E-state index contributed by atoms with van der Waals surface area (Å²) in [4.78, 5) is 0. The fraction of sp³-hybridized carbons (Fsp3) is 0.263. The van der Waals surface area contributed by atoms with E-state index in [9.17, 15) is 5.11 Å². The van der Waals surface area contributed by atoms with E-state index >= 15 is 0 Å². The molecule has 2 aromatic carbocycles. The predicted octanol–water partition coefficient (Wildman–Crippen LogP) is 3.47. The van der Waals surface area contributed by atoms with E-state index in [1.165, 1.54) is 16.7 Å². The van der Waals surface area contributed by atoms with E-state index in [-0.39, 0.29) is 12.1 Å². The highest BCUT2D eigenvalue weighted by Gasteiger charge is 2.30. The van der Waals surface area contributed by atoms with Crippen LogP contribution in [0.3, 0.4) is 0 Å². The smallest absolute Gasteiger partial charge is 0.127 e. The van der Waals surface area contributed by atoms with Crippen LogP contribution in [-0.2, 0) is 6.42 Å². The number of hydrogen-bond donors (Lipinski definition) is 2. The molecule has 0 spiro atoms. The van der Waals surface area contributed by atoms with Gasteiger partial charge in [0.05, 0.1) is 12.1 Å². The SMILES string of the molecule is O[C@H]1Cc2ccccc2[C@H]1NCC1=Cc2cc(Br)ccc2OC1. The van der Waals surface area contributed by atoms with Crippen molar-refractivity contribution < 1.29 is 9.84 Å². The van der Waals surface area contributed by atoms with Crippen LogP contribution in [0.1, 0.15) is 22.7 Å². The van der Waals surface area contributed by atoms with Gasteiger partial charge in [-0.1, -0.05) is 40.2 Å². The molecule has 0 saturated carbocycles. The van der Waals surface area contributed by atoms with Gasteiger partial charge in [-0.25, -0.2) is 0 Å². The molecular formula is C19H18BrNO2. The molecular weight excluding hydrogens is 354 g/mol. The number of halogens is 1. The van der Waals surface area contributed by atoms with Crippen molar-refractivity contribution in [3.63, 3.8) is 0 Å². The zero-order valence-electron chi connectivity index (χ0n) is 12.6. The summed E-state index contributed by atoms with van der Waals surface area (Å²) in [5, 5.41) is 13.8. The number of rotatable bonds is 3. The molecule has 0 unspecified atom stereocenters. The minimum atomic E-state index is -0.362. The Bertz CT molecular complexity index is 772. The van der Waals surface area contributed by atoms with Crippen LogP contribution in [0.25, 0.3) is 6.08 Å². The summed E-state index contributed by atoms with van der Waals surface area (Å²) in [7, 11) is 0. The van der Waals surface area contributed by atoms with E-state index < -0.39 is 0 Å². The lowest BCUT2D eigenvalue weighted by Gasteiger charge is -2.22. The van der Waals surface area contributed by atoms with Crippen molar-refractivity contribution in [2.75, 3.05) is 13.2 Å². The minimum Gasteiger partial charge on any atom is -0.489 e. The van der Waals surface area contributed by atoms with Crippen LogP contribution < -0.4 is 10.1 Å². The van der Waals surface area contributed by atoms with Crippen LogP contribution in [0, 0.1) is 0 Å². The zero-order chi connectivity index (χ0) is 15.8. The van der Waals surface area contributed by atoms with Crippen molar-refractivity contribution in [3.05, 3.63) is 69.2 Å². The first-order valence-corrected chi connectivity index (χ1v) is 8.61. The fourth-order valence-electron chi connectivity index (χ4n) is 3.36. The number of aliphatic hydroxyl groups excluding tert-OH is 1. The van der Waals surface area contributed by atoms with Gasteiger partial charge in [0.15, 0.2) is 0 Å². The Morgan fingerprint density at radius 3 is 3.00 bits per heavy atom. The Morgan fingerprint density at radius 2 is 2.09 bits per heavy atom. The maximum Gasteiger partial charge on any atom is 0.127 e. The minimum absolute atomic E-state index is 0.00370. The second-order valence-electron chi connectivity index (χ2n) is 6.10. The molecule has 4 heteroatoms. The highest BCUT2D eigenvalue weighted by Crippen LogP contribution is 2.32. The average Bonchev–Trinajstić information content (AvgIpc) is 2.87. The Balaban J connectivity index is 1.50. The van der Waals surface area contributed by atoms with Gasteiger partial charge in [-0.15, -0.1) is 0 Å². The molecule has 0 saturated heterocycles. The second-order valence-corrected chi connectivity index (χ2v) is 7.02. The van der Waals surface area contributed by atoms with Crippen LogP contribution >= 0.6 is 15.9 Å². The zero-order valence-corrected chi connectivity index (χ0v) is 14.2. The molecule has 4 rings (SSSR count). The number of hydrogen-bond acceptors (Lipinski definition) is 3. The van der Waals surface area contributed by atoms with Crippen molar-refractivity contribution >= 4 is 22.0 Å². The van der Waals surface area contributed by atoms with Crippen LogP contribution in [0.5, 0.6) is 5.75 Å². The summed E-state index contributed by atoms with van der Waals surface area (Å²) in [6.45, 7) is 1.30. The van der Waals surface area contributed by atoms with Crippen molar-refractivity contribution in [1.29, 1.82) is 0 Å². The first-order valence-electron chi connectivity index (χ1n) is 7.82. The van der Waals surface area contributed by atoms with Gasteiger partial charge in [0.1, 0.15) is 12.4 Å². The number of aliphatic hydroxyl groups is 1. The molecule has 0 aromatic heterocycles. The third kappa shape index (κ3) is 2.94. The van der Waals surface area contributed by atoms with E-state index in [2.05, 4.69) is 45.5 Å². The lowest BCUT2D eigenvalue weighted by Crippen LogP contribution is -2.31. The third-order valence-corrected chi connectivity index (χ3v) is 4.99. The van der Waals surface area contributed by atoms with Crippen LogP contribution in [0.4, 0.5) is 0 Å². The van der Waals surface area contributed by atoms with Crippen molar-refractivity contribution in [2.45, 2.75) is 18.6 Å². The van der Waals surface area contributed by atoms with E-state index in [4.69, 9.17) is 4.74 Å². The molecule has 0 radical (unpaired) electrons. The maximum absolute atomic E-state index is 10.3. The highest BCUT2D eigenvalue weighted by molar-refractivity contribution is 9.10. The first kappa shape index (κ1) is 14.9. The Hall–Kier alpha value is -1.62. The van der Waals surface area contributed by atoms with E-state index in [0.717, 1.165) is 22.2 Å². The summed E-state index contributed by atoms with van der Waals surface area (Å²) >= 11 is 3.50. The number of benzene rings is 2. The van der Waals surface area contributed by atoms with E-state index in [0.29, 0.717) is 13.2 Å². The molecule has 0 bridgehead atoms. The quantitative estimate of drug-likeness (QED) is 0.867. The summed E-state index contributed by atoms with van der Waals surface area (Å²) in [6.07, 6.45) is 2.53. The van der Waals surface area contributed by atoms with Gasteiger partial charge < -0.3 is 15.2 Å². The predicted molar refractivity (Wildman–Crippen MR) is 94.5 cm³/mol. The Morgan fingerprint density at radius 1 is 1.22 bits per heavy atom. The Labute approximate surface area is 144 Å². The molecule has 118 valence electrons. The molecule has 2 aliphatic rings. The van der Waals surface area contributed by atoms with Crippen molar-refractivity contribution in [3.8, 4) is 5.75 Å². The van der Waals surface area contributed by atoms with Crippen LogP contribution in [0.15, 0.2) is 52.5 Å². The largest absolute Gasteiger partial charge is 0.489 e. The molecule has 2 N–H and O–H groups in total. The first-order chi connectivity index (χ1) is 11.2. The number of fused-ring (bicyclic) bond motifs is 2. The normalized spacial score (nSPS) is 22.1. The molecule has 0 amide bonds. The van der Waals surface area contributed by atoms with Crippen LogP contribution in [-0.4, -0.2) is 24.4 Å². The maximum atomic E-state index is 10.3. The fourth-order valence-corrected chi connectivity index (χ4v) is 3.74. The molecule has 2 aromatic rings. The van der Waals surface area contributed by atoms with E-state index in [1.807, 2.05) is 24.3 Å². The summed E-state index contributed by atoms with van der Waals surface area (Å²) < 4.78 is 6.86. The summed E-state index contributed by atoms with van der Waals surface area (Å²) in [5.41, 5.74) is 4.73. The molecule has 3 nitrogen and oxygen atoms in total. The lowest BCUT2D eigenvalue weighted by atomic mass is 10.1. The summed E-state index contributed by atoms with van der Waals surface area (Å²) in [5.74, 6) is 0.920. The number of ether oxygens (including phenoxy) is 1. The van der Waals surface area contributed by atoms with Gasteiger partial charge in [-0.2, -0.15) is 0 Å². The molecule has 0 fully saturated rings. The molecule has 1 aliphatic heterocycles. The van der Waals surface area contributed by atoms with E-state index in [1.54, 1.807) is 0 Å².